The SMILES string of the molecule is CN(C(=O)c1cc(Br)cc(Br)c1)C1CCCC1. The molecule has 2 rings (SSSR count). The van der Waals surface area contributed by atoms with Crippen molar-refractivity contribution in [3.05, 3.63) is 32.7 Å². The van der Waals surface area contributed by atoms with Crippen molar-refractivity contribution < 1.29 is 4.79 Å². The topological polar surface area (TPSA) is 20.3 Å². The Morgan fingerprint density at radius 2 is 1.71 bits per heavy atom. The van der Waals surface area contributed by atoms with E-state index in [1.807, 2.05) is 30.1 Å². The normalized spacial score (nSPS) is 16.2. The van der Waals surface area contributed by atoms with Gasteiger partial charge in [-0.05, 0) is 31.0 Å². The number of benzene rings is 1. The maximum absolute atomic E-state index is 12.3. The zero-order valence-corrected chi connectivity index (χ0v) is 12.9. The van der Waals surface area contributed by atoms with Gasteiger partial charge in [0.05, 0.1) is 0 Å². The summed E-state index contributed by atoms with van der Waals surface area (Å²) in [4.78, 5) is 14.2. The lowest BCUT2D eigenvalue weighted by molar-refractivity contribution is 0.0735. The van der Waals surface area contributed by atoms with Gasteiger partial charge in [0.25, 0.3) is 5.91 Å². The Kier molecular flexibility index (Phi) is 4.26. The second-order valence-corrected chi connectivity index (χ2v) is 6.34. The van der Waals surface area contributed by atoms with E-state index in [1.165, 1.54) is 12.8 Å². The van der Waals surface area contributed by atoms with Gasteiger partial charge < -0.3 is 4.90 Å². The molecule has 1 aliphatic rings. The molecule has 0 saturated heterocycles. The predicted octanol–water partition coefficient (Wildman–Crippen LogP) is 4.23. The van der Waals surface area contributed by atoms with Crippen molar-refractivity contribution in [3.63, 3.8) is 0 Å². The maximum atomic E-state index is 12.3. The molecular weight excluding hydrogens is 346 g/mol. The van der Waals surface area contributed by atoms with Gasteiger partial charge in [-0.2, -0.15) is 0 Å². The van der Waals surface area contributed by atoms with Crippen LogP contribution < -0.4 is 0 Å². The summed E-state index contributed by atoms with van der Waals surface area (Å²) >= 11 is 6.83. The van der Waals surface area contributed by atoms with Crippen LogP contribution in [0.15, 0.2) is 27.1 Å². The van der Waals surface area contributed by atoms with Gasteiger partial charge in [0, 0.05) is 27.6 Å². The van der Waals surface area contributed by atoms with Crippen LogP contribution in [0.1, 0.15) is 36.0 Å². The lowest BCUT2D eigenvalue weighted by atomic mass is 10.1. The monoisotopic (exact) mass is 359 g/mol. The molecule has 0 heterocycles. The number of amides is 1. The smallest absolute Gasteiger partial charge is 0.253 e. The summed E-state index contributed by atoms with van der Waals surface area (Å²) in [6, 6.07) is 6.10. The van der Waals surface area contributed by atoms with E-state index >= 15 is 0 Å². The van der Waals surface area contributed by atoms with Crippen molar-refractivity contribution in [2.75, 3.05) is 7.05 Å². The van der Waals surface area contributed by atoms with Crippen LogP contribution in [0.4, 0.5) is 0 Å². The van der Waals surface area contributed by atoms with Crippen molar-refractivity contribution >= 4 is 37.8 Å². The first kappa shape index (κ1) is 13.1. The van der Waals surface area contributed by atoms with Crippen LogP contribution in [0.25, 0.3) is 0 Å². The molecule has 1 fully saturated rings. The first-order valence-electron chi connectivity index (χ1n) is 5.81. The number of carbonyl (C=O) groups is 1. The van der Waals surface area contributed by atoms with Crippen LogP contribution in [-0.2, 0) is 0 Å². The van der Waals surface area contributed by atoms with Crippen LogP contribution in [0.5, 0.6) is 0 Å². The molecule has 92 valence electrons. The number of rotatable bonds is 2. The minimum Gasteiger partial charge on any atom is -0.339 e. The third-order valence-corrected chi connectivity index (χ3v) is 4.22. The molecule has 0 aliphatic heterocycles. The molecule has 1 saturated carbocycles. The summed E-state index contributed by atoms with van der Waals surface area (Å²) in [5.74, 6) is 0.110. The number of halogens is 2. The molecule has 2 nitrogen and oxygen atoms in total. The highest BCUT2D eigenvalue weighted by molar-refractivity contribution is 9.11. The fourth-order valence-corrected chi connectivity index (χ4v) is 3.63. The Labute approximate surface area is 119 Å². The number of nitrogens with zero attached hydrogens (tertiary/aromatic N) is 1. The minimum atomic E-state index is 0.110. The van der Waals surface area contributed by atoms with Crippen LogP contribution in [0.3, 0.4) is 0 Å². The molecule has 4 heteroatoms. The first-order valence-corrected chi connectivity index (χ1v) is 7.40. The first-order chi connectivity index (χ1) is 8.08. The molecule has 1 aliphatic carbocycles. The Balaban J connectivity index is 2.17. The van der Waals surface area contributed by atoms with Gasteiger partial charge in [-0.3, -0.25) is 4.79 Å². The van der Waals surface area contributed by atoms with Gasteiger partial charge in [-0.15, -0.1) is 0 Å². The second-order valence-electron chi connectivity index (χ2n) is 4.51. The third kappa shape index (κ3) is 3.10. The molecule has 17 heavy (non-hydrogen) atoms. The van der Waals surface area contributed by atoms with E-state index in [1.54, 1.807) is 0 Å². The zero-order chi connectivity index (χ0) is 12.4. The molecule has 0 spiro atoms. The lowest BCUT2D eigenvalue weighted by Crippen LogP contribution is -2.35. The van der Waals surface area contributed by atoms with Crippen molar-refractivity contribution in [1.29, 1.82) is 0 Å². The number of hydrogen-bond acceptors (Lipinski definition) is 1. The highest BCUT2D eigenvalue weighted by atomic mass is 79.9. The van der Waals surface area contributed by atoms with Crippen molar-refractivity contribution in [2.45, 2.75) is 31.7 Å². The fraction of sp³-hybridized carbons (Fsp3) is 0.462. The summed E-state index contributed by atoms with van der Waals surface area (Å²) in [6.07, 6.45) is 4.75. The van der Waals surface area contributed by atoms with Crippen molar-refractivity contribution in [1.82, 2.24) is 4.90 Å². The molecule has 0 unspecified atom stereocenters. The predicted molar refractivity (Wildman–Crippen MR) is 76.2 cm³/mol. The summed E-state index contributed by atoms with van der Waals surface area (Å²) in [5, 5.41) is 0. The summed E-state index contributed by atoms with van der Waals surface area (Å²) in [5.41, 5.74) is 0.737. The van der Waals surface area contributed by atoms with Gasteiger partial charge in [0.1, 0.15) is 0 Å². The molecule has 0 radical (unpaired) electrons. The van der Waals surface area contributed by atoms with Crippen molar-refractivity contribution in [2.24, 2.45) is 0 Å². The average Bonchev–Trinajstić information content (AvgIpc) is 2.79. The Morgan fingerprint density at radius 1 is 1.18 bits per heavy atom. The minimum absolute atomic E-state index is 0.110. The molecule has 1 aromatic carbocycles. The average molecular weight is 361 g/mol. The Hall–Kier alpha value is -0.350. The van der Waals surface area contributed by atoms with Gasteiger partial charge in [-0.25, -0.2) is 0 Å². The van der Waals surface area contributed by atoms with Gasteiger partial charge in [-0.1, -0.05) is 44.7 Å². The van der Waals surface area contributed by atoms with Gasteiger partial charge in [0.2, 0.25) is 0 Å². The van der Waals surface area contributed by atoms with E-state index in [-0.39, 0.29) is 5.91 Å². The Morgan fingerprint density at radius 3 is 2.24 bits per heavy atom. The number of carbonyl (C=O) groups excluding carboxylic acids is 1. The number of hydrogen-bond donors (Lipinski definition) is 0. The summed E-state index contributed by atoms with van der Waals surface area (Å²) in [7, 11) is 1.91. The summed E-state index contributed by atoms with van der Waals surface area (Å²) in [6.45, 7) is 0. The molecule has 1 amide bonds. The molecule has 0 aromatic heterocycles. The standard InChI is InChI=1S/C13H15Br2NO/c1-16(12-4-2-3-5-12)13(17)9-6-10(14)8-11(15)7-9/h6-8,12H,2-5H2,1H3. The molecule has 0 bridgehead atoms. The highest BCUT2D eigenvalue weighted by Gasteiger charge is 2.24. The van der Waals surface area contributed by atoms with E-state index in [4.69, 9.17) is 0 Å². The van der Waals surface area contributed by atoms with E-state index < -0.39 is 0 Å². The third-order valence-electron chi connectivity index (χ3n) is 3.30. The zero-order valence-electron chi connectivity index (χ0n) is 9.75. The lowest BCUT2D eigenvalue weighted by Gasteiger charge is -2.24. The molecule has 0 atom stereocenters. The van der Waals surface area contributed by atoms with E-state index in [9.17, 15) is 4.79 Å². The van der Waals surface area contributed by atoms with Crippen LogP contribution in [0.2, 0.25) is 0 Å². The van der Waals surface area contributed by atoms with E-state index in [0.29, 0.717) is 6.04 Å². The summed E-state index contributed by atoms with van der Waals surface area (Å²) < 4.78 is 1.85. The van der Waals surface area contributed by atoms with E-state index in [0.717, 1.165) is 27.4 Å². The maximum Gasteiger partial charge on any atom is 0.253 e. The van der Waals surface area contributed by atoms with E-state index in [2.05, 4.69) is 31.9 Å². The quantitative estimate of drug-likeness (QED) is 0.772. The van der Waals surface area contributed by atoms with Gasteiger partial charge in [0.15, 0.2) is 0 Å². The second kappa shape index (κ2) is 5.53. The highest BCUT2D eigenvalue weighted by Crippen LogP contribution is 2.25. The van der Waals surface area contributed by atoms with Gasteiger partial charge >= 0.3 is 0 Å². The van der Waals surface area contributed by atoms with Crippen LogP contribution in [-0.4, -0.2) is 23.9 Å². The molecule has 0 N–H and O–H groups in total. The molecule has 1 aromatic rings. The Bertz CT molecular complexity index is 407. The van der Waals surface area contributed by atoms with Crippen molar-refractivity contribution in [3.8, 4) is 0 Å². The fourth-order valence-electron chi connectivity index (χ4n) is 2.34. The molecular formula is C13H15Br2NO. The van der Waals surface area contributed by atoms with Crippen LogP contribution >= 0.6 is 31.9 Å². The van der Waals surface area contributed by atoms with Crippen LogP contribution in [0, 0.1) is 0 Å². The largest absolute Gasteiger partial charge is 0.339 e.